The minimum absolute atomic E-state index is 0.0983. The molecule has 0 spiro atoms. The van der Waals surface area contributed by atoms with Gasteiger partial charge in [0.15, 0.2) is 40.7 Å². The molecule has 33 heavy (non-hydrogen) atoms. The first-order valence-corrected chi connectivity index (χ1v) is 10.5. The summed E-state index contributed by atoms with van der Waals surface area (Å²) in [4.78, 5) is 26.1. The summed E-state index contributed by atoms with van der Waals surface area (Å²) < 4.78 is 27.3. The number of hydrogen-bond acceptors (Lipinski definition) is 9. The Morgan fingerprint density at radius 1 is 0.939 bits per heavy atom. The molecule has 0 aliphatic rings. The van der Waals surface area contributed by atoms with Crippen LogP contribution in [0, 0.1) is 0 Å². The number of carbonyl (C=O) groups is 2. The zero-order valence-electron chi connectivity index (χ0n) is 18.3. The average molecular weight is 468 g/mol. The van der Waals surface area contributed by atoms with Gasteiger partial charge in [0.05, 0.1) is 43.8 Å². The maximum absolute atomic E-state index is 13.8. The van der Waals surface area contributed by atoms with Gasteiger partial charge in [-0.3, -0.25) is 9.59 Å². The van der Waals surface area contributed by atoms with Crippen molar-refractivity contribution < 1.29 is 38.1 Å². The summed E-state index contributed by atoms with van der Waals surface area (Å²) in [5, 5.41) is 11.0. The highest BCUT2D eigenvalue weighted by Crippen LogP contribution is 2.45. The Morgan fingerprint density at radius 2 is 1.61 bits per heavy atom. The number of phenols is 1. The summed E-state index contributed by atoms with van der Waals surface area (Å²) in [6.07, 6.45) is 0.720. The highest BCUT2D eigenvalue weighted by atomic mass is 32.1. The third-order valence-electron chi connectivity index (χ3n) is 5.14. The number of carbonyl (C=O) groups excluding carboxylic acids is 2. The molecule has 4 aromatic rings. The van der Waals surface area contributed by atoms with Gasteiger partial charge >= 0.3 is 0 Å². The lowest BCUT2D eigenvalue weighted by Gasteiger charge is -2.13. The predicted octanol–water partition coefficient (Wildman–Crippen LogP) is 4.94. The first kappa shape index (κ1) is 22.2. The van der Waals surface area contributed by atoms with E-state index in [4.69, 9.17) is 23.4 Å². The number of rotatable bonds is 8. The molecule has 0 unspecified atom stereocenters. The van der Waals surface area contributed by atoms with Crippen molar-refractivity contribution in [2.45, 2.75) is 0 Å². The Balaban J connectivity index is 1.99. The maximum Gasteiger partial charge on any atom is 0.203 e. The molecule has 2 heterocycles. The topological polar surface area (TPSA) is 104 Å². The van der Waals surface area contributed by atoms with E-state index in [0.29, 0.717) is 32.4 Å². The number of thiophene rings is 1. The normalized spacial score (nSPS) is 10.8. The molecule has 0 atom stereocenters. The largest absolute Gasteiger partial charge is 0.502 e. The van der Waals surface area contributed by atoms with Gasteiger partial charge in [-0.15, -0.1) is 11.3 Å². The monoisotopic (exact) mass is 468 g/mol. The fourth-order valence-electron chi connectivity index (χ4n) is 3.59. The molecule has 0 fully saturated rings. The highest BCUT2D eigenvalue weighted by molar-refractivity contribution is 7.17. The van der Waals surface area contributed by atoms with Crippen molar-refractivity contribution in [3.8, 4) is 39.4 Å². The minimum atomic E-state index is -0.395. The molecule has 9 heteroatoms. The smallest absolute Gasteiger partial charge is 0.203 e. The van der Waals surface area contributed by atoms with Gasteiger partial charge in [-0.05, 0) is 36.4 Å². The Hall–Kier alpha value is -3.98. The molecule has 2 aromatic heterocycles. The van der Waals surface area contributed by atoms with Gasteiger partial charge in [0.2, 0.25) is 11.5 Å². The second-order valence-electron chi connectivity index (χ2n) is 6.86. The van der Waals surface area contributed by atoms with Gasteiger partial charge in [-0.25, -0.2) is 0 Å². The number of ketones is 1. The standard InChI is InChI=1S/C24H20O8S/c1-28-15-7-6-14-19(20(26)12-9-16(29-2)23(31-4)17(10-12)30-3)24(32-22(14)21(15)27)18-8-5-13(11-25)33-18/h5-11,27H,1-4H3. The molecule has 170 valence electrons. The van der Waals surface area contributed by atoms with Crippen molar-refractivity contribution in [1.29, 1.82) is 0 Å². The fourth-order valence-corrected chi connectivity index (χ4v) is 4.40. The summed E-state index contributed by atoms with van der Waals surface area (Å²) in [5.41, 5.74) is 0.577. The average Bonchev–Trinajstić information content (AvgIpc) is 3.47. The van der Waals surface area contributed by atoms with Crippen LogP contribution in [-0.4, -0.2) is 45.6 Å². The Kier molecular flexibility index (Phi) is 5.97. The molecule has 0 aliphatic carbocycles. The second-order valence-corrected chi connectivity index (χ2v) is 7.98. The molecule has 1 N–H and O–H groups in total. The van der Waals surface area contributed by atoms with E-state index in [1.807, 2.05) is 0 Å². The van der Waals surface area contributed by atoms with E-state index in [0.717, 1.165) is 6.29 Å². The van der Waals surface area contributed by atoms with Crippen LogP contribution in [0.1, 0.15) is 25.6 Å². The van der Waals surface area contributed by atoms with Gasteiger partial charge in [-0.2, -0.15) is 0 Å². The summed E-state index contributed by atoms with van der Waals surface area (Å²) >= 11 is 1.17. The van der Waals surface area contributed by atoms with E-state index in [2.05, 4.69) is 0 Å². The lowest BCUT2D eigenvalue weighted by molar-refractivity contribution is 0.103. The number of aldehydes is 1. The zero-order chi connectivity index (χ0) is 23.7. The van der Waals surface area contributed by atoms with E-state index < -0.39 is 5.78 Å². The number of furan rings is 1. The molecular formula is C24H20O8S. The fraction of sp³-hybridized carbons (Fsp3) is 0.167. The van der Waals surface area contributed by atoms with Crippen LogP contribution in [0.3, 0.4) is 0 Å². The van der Waals surface area contributed by atoms with Crippen molar-refractivity contribution in [3.63, 3.8) is 0 Å². The predicted molar refractivity (Wildman–Crippen MR) is 123 cm³/mol. The summed E-state index contributed by atoms with van der Waals surface area (Å²) in [5.74, 6) is 0.794. The molecule has 0 radical (unpaired) electrons. The lowest BCUT2D eigenvalue weighted by atomic mass is 9.98. The summed E-state index contributed by atoms with van der Waals surface area (Å²) in [6, 6.07) is 9.59. The number of benzene rings is 2. The van der Waals surface area contributed by atoms with Crippen LogP contribution in [0.25, 0.3) is 21.6 Å². The van der Waals surface area contributed by atoms with Crippen LogP contribution < -0.4 is 18.9 Å². The quantitative estimate of drug-likeness (QED) is 0.286. The van der Waals surface area contributed by atoms with Gasteiger partial charge in [0.25, 0.3) is 0 Å². The van der Waals surface area contributed by atoms with Crippen molar-refractivity contribution >= 4 is 34.4 Å². The minimum Gasteiger partial charge on any atom is -0.502 e. The zero-order valence-corrected chi connectivity index (χ0v) is 19.1. The van der Waals surface area contributed by atoms with Crippen LogP contribution in [0.4, 0.5) is 0 Å². The summed E-state index contributed by atoms with van der Waals surface area (Å²) in [7, 11) is 5.81. The van der Waals surface area contributed by atoms with Crippen molar-refractivity contribution in [2.75, 3.05) is 28.4 Å². The number of fused-ring (bicyclic) bond motifs is 1. The Labute approximate surface area is 192 Å². The van der Waals surface area contributed by atoms with Crippen LogP contribution in [0.2, 0.25) is 0 Å². The van der Waals surface area contributed by atoms with Gasteiger partial charge in [0.1, 0.15) is 0 Å². The first-order chi connectivity index (χ1) is 16.0. The molecule has 0 amide bonds. The van der Waals surface area contributed by atoms with Crippen LogP contribution in [0.5, 0.6) is 28.7 Å². The third kappa shape index (κ3) is 3.66. The second kappa shape index (κ2) is 8.87. The van der Waals surface area contributed by atoms with Crippen molar-refractivity contribution in [3.05, 3.63) is 52.4 Å². The molecule has 0 saturated heterocycles. The van der Waals surface area contributed by atoms with E-state index in [-0.39, 0.29) is 34.0 Å². The van der Waals surface area contributed by atoms with Crippen LogP contribution >= 0.6 is 11.3 Å². The van der Waals surface area contributed by atoms with Gasteiger partial charge < -0.3 is 28.5 Å². The van der Waals surface area contributed by atoms with Gasteiger partial charge in [0, 0.05) is 10.9 Å². The molecule has 0 bridgehead atoms. The summed E-state index contributed by atoms with van der Waals surface area (Å²) in [6.45, 7) is 0. The maximum atomic E-state index is 13.8. The van der Waals surface area contributed by atoms with E-state index in [1.165, 1.54) is 39.8 Å². The third-order valence-corrected chi connectivity index (χ3v) is 6.15. The van der Waals surface area contributed by atoms with Gasteiger partial charge in [-0.1, -0.05) is 0 Å². The molecule has 8 nitrogen and oxygen atoms in total. The van der Waals surface area contributed by atoms with Crippen LogP contribution in [-0.2, 0) is 0 Å². The van der Waals surface area contributed by atoms with Crippen molar-refractivity contribution in [2.24, 2.45) is 0 Å². The molecule has 2 aromatic carbocycles. The number of ether oxygens (including phenoxy) is 4. The van der Waals surface area contributed by atoms with Crippen LogP contribution in [0.15, 0.2) is 40.8 Å². The highest BCUT2D eigenvalue weighted by Gasteiger charge is 2.28. The molecule has 0 aliphatic heterocycles. The van der Waals surface area contributed by atoms with E-state index in [9.17, 15) is 14.7 Å². The number of methoxy groups -OCH3 is 4. The number of phenolic OH excluding ortho intramolecular Hbond substituents is 1. The molecule has 0 saturated carbocycles. The molecule has 4 rings (SSSR count). The number of aromatic hydroxyl groups is 1. The van der Waals surface area contributed by atoms with Crippen molar-refractivity contribution in [1.82, 2.24) is 0 Å². The lowest BCUT2D eigenvalue weighted by Crippen LogP contribution is -2.05. The Bertz CT molecular complexity index is 1340. The SMILES string of the molecule is COc1cc(C(=O)c2c(-c3ccc(C=O)s3)oc3c(O)c(OC)ccc23)cc(OC)c1OC. The Morgan fingerprint density at radius 3 is 2.15 bits per heavy atom. The first-order valence-electron chi connectivity index (χ1n) is 9.69. The van der Waals surface area contributed by atoms with E-state index >= 15 is 0 Å². The van der Waals surface area contributed by atoms with E-state index in [1.54, 1.807) is 36.4 Å². The molecular weight excluding hydrogens is 448 g/mol. The number of hydrogen-bond donors (Lipinski definition) is 1.